The van der Waals surface area contributed by atoms with E-state index in [0.717, 1.165) is 17.1 Å². The largest absolute Gasteiger partial charge is 0.497 e. The Hall–Kier alpha value is -1.77. The zero-order chi connectivity index (χ0) is 9.97. The van der Waals surface area contributed by atoms with Crippen LogP contribution in [0.3, 0.4) is 0 Å². The van der Waals surface area contributed by atoms with E-state index < -0.39 is 0 Å². The molecule has 0 aliphatic heterocycles. The van der Waals surface area contributed by atoms with Crippen molar-refractivity contribution in [1.82, 2.24) is 9.55 Å². The number of hydrogen-bond acceptors (Lipinski definition) is 2. The molecule has 1 aromatic heterocycles. The van der Waals surface area contributed by atoms with E-state index in [0.29, 0.717) is 0 Å². The van der Waals surface area contributed by atoms with Gasteiger partial charge in [-0.05, 0) is 24.3 Å². The van der Waals surface area contributed by atoms with E-state index >= 15 is 0 Å². The molecule has 2 rings (SSSR count). The van der Waals surface area contributed by atoms with Gasteiger partial charge in [0.25, 0.3) is 0 Å². The molecule has 1 heterocycles. The van der Waals surface area contributed by atoms with E-state index in [1.807, 2.05) is 42.1 Å². The molecule has 0 amide bonds. The highest BCUT2D eigenvalue weighted by atomic mass is 16.5. The summed E-state index contributed by atoms with van der Waals surface area (Å²) in [4.78, 5) is 4.26. The van der Waals surface area contributed by atoms with Crippen LogP contribution in [0, 0.1) is 0 Å². The lowest BCUT2D eigenvalue weighted by atomic mass is 10.2. The predicted molar refractivity (Wildman–Crippen MR) is 55.2 cm³/mol. The number of ether oxygens (including phenoxy) is 1. The number of aryl methyl sites for hydroxylation is 1. The molecular formula is C11H12N2O. The number of aromatic nitrogens is 2. The van der Waals surface area contributed by atoms with Crippen LogP contribution in [-0.4, -0.2) is 16.7 Å². The standard InChI is InChI=1S/C11H12N2O/c1-13-8-7-12-11(13)9-3-5-10(14-2)6-4-9/h3-8H,1-2H3. The predicted octanol–water partition coefficient (Wildman–Crippen LogP) is 2.10. The quantitative estimate of drug-likeness (QED) is 0.721. The van der Waals surface area contributed by atoms with Gasteiger partial charge in [-0.15, -0.1) is 0 Å². The summed E-state index contributed by atoms with van der Waals surface area (Å²) in [6.07, 6.45) is 3.72. The molecule has 0 spiro atoms. The summed E-state index contributed by atoms with van der Waals surface area (Å²) in [5, 5.41) is 0. The normalized spacial score (nSPS) is 10.1. The molecule has 3 nitrogen and oxygen atoms in total. The van der Waals surface area contributed by atoms with Gasteiger partial charge in [0.2, 0.25) is 0 Å². The maximum atomic E-state index is 5.09. The summed E-state index contributed by atoms with van der Waals surface area (Å²) in [5.74, 6) is 1.83. The van der Waals surface area contributed by atoms with Crippen LogP contribution in [0.25, 0.3) is 11.4 Å². The minimum atomic E-state index is 0.864. The molecule has 0 atom stereocenters. The first-order chi connectivity index (χ1) is 6.81. The summed E-state index contributed by atoms with van der Waals surface area (Å²) >= 11 is 0. The average molecular weight is 188 g/mol. The molecule has 0 saturated heterocycles. The maximum absolute atomic E-state index is 5.09. The lowest BCUT2D eigenvalue weighted by molar-refractivity contribution is 0.415. The topological polar surface area (TPSA) is 27.1 Å². The molecule has 0 aliphatic carbocycles. The second kappa shape index (κ2) is 3.54. The lowest BCUT2D eigenvalue weighted by Crippen LogP contribution is -1.91. The van der Waals surface area contributed by atoms with Crippen molar-refractivity contribution < 1.29 is 4.74 Å². The van der Waals surface area contributed by atoms with Gasteiger partial charge in [0.1, 0.15) is 11.6 Å². The van der Waals surface area contributed by atoms with Crippen molar-refractivity contribution in [3.63, 3.8) is 0 Å². The van der Waals surface area contributed by atoms with Crippen LogP contribution >= 0.6 is 0 Å². The van der Waals surface area contributed by atoms with Gasteiger partial charge in [0.15, 0.2) is 0 Å². The zero-order valence-electron chi connectivity index (χ0n) is 8.27. The highest BCUT2D eigenvalue weighted by molar-refractivity contribution is 5.56. The van der Waals surface area contributed by atoms with Crippen LogP contribution < -0.4 is 4.74 Å². The van der Waals surface area contributed by atoms with Gasteiger partial charge < -0.3 is 9.30 Å². The van der Waals surface area contributed by atoms with Crippen molar-refractivity contribution in [3.05, 3.63) is 36.7 Å². The summed E-state index contributed by atoms with van der Waals surface area (Å²) in [6.45, 7) is 0. The van der Waals surface area contributed by atoms with Gasteiger partial charge in [-0.1, -0.05) is 0 Å². The molecule has 72 valence electrons. The van der Waals surface area contributed by atoms with Crippen LogP contribution in [0.15, 0.2) is 36.7 Å². The fourth-order valence-corrected chi connectivity index (χ4v) is 1.38. The van der Waals surface area contributed by atoms with Crippen molar-refractivity contribution in [3.8, 4) is 17.1 Å². The van der Waals surface area contributed by atoms with Crippen LogP contribution in [0.1, 0.15) is 0 Å². The van der Waals surface area contributed by atoms with E-state index in [4.69, 9.17) is 4.74 Å². The van der Waals surface area contributed by atoms with Crippen molar-refractivity contribution in [2.24, 2.45) is 7.05 Å². The van der Waals surface area contributed by atoms with Crippen molar-refractivity contribution in [1.29, 1.82) is 0 Å². The van der Waals surface area contributed by atoms with Crippen LogP contribution in [0.2, 0.25) is 0 Å². The van der Waals surface area contributed by atoms with Crippen LogP contribution in [0.5, 0.6) is 5.75 Å². The Labute approximate surface area is 83.0 Å². The lowest BCUT2D eigenvalue weighted by Gasteiger charge is -2.03. The van der Waals surface area contributed by atoms with Crippen molar-refractivity contribution >= 4 is 0 Å². The van der Waals surface area contributed by atoms with Gasteiger partial charge in [-0.3, -0.25) is 0 Å². The maximum Gasteiger partial charge on any atom is 0.139 e. The average Bonchev–Trinajstić information content (AvgIpc) is 2.65. The van der Waals surface area contributed by atoms with Crippen LogP contribution in [0.4, 0.5) is 0 Å². The SMILES string of the molecule is COc1ccc(-c2nccn2C)cc1. The number of benzene rings is 1. The molecule has 0 fully saturated rings. The van der Waals surface area contributed by atoms with Gasteiger partial charge in [-0.2, -0.15) is 0 Å². The van der Waals surface area contributed by atoms with E-state index in [1.165, 1.54) is 0 Å². The van der Waals surface area contributed by atoms with E-state index in [9.17, 15) is 0 Å². The molecule has 0 aliphatic rings. The third-order valence-electron chi connectivity index (χ3n) is 2.17. The molecule has 0 N–H and O–H groups in total. The Balaban J connectivity index is 2.39. The van der Waals surface area contributed by atoms with E-state index in [1.54, 1.807) is 13.3 Å². The fourth-order valence-electron chi connectivity index (χ4n) is 1.38. The second-order valence-corrected chi connectivity index (χ2v) is 3.09. The van der Waals surface area contributed by atoms with Gasteiger partial charge in [-0.25, -0.2) is 4.98 Å². The minimum absolute atomic E-state index is 0.864. The Morgan fingerprint density at radius 1 is 1.21 bits per heavy atom. The first kappa shape index (κ1) is 8.81. The third-order valence-corrected chi connectivity index (χ3v) is 2.17. The summed E-state index contributed by atoms with van der Waals surface area (Å²) in [5.41, 5.74) is 1.10. The Bertz CT molecular complexity index is 417. The number of rotatable bonds is 2. The molecule has 3 heteroatoms. The molecule has 0 radical (unpaired) electrons. The number of hydrogen-bond donors (Lipinski definition) is 0. The Morgan fingerprint density at radius 3 is 2.43 bits per heavy atom. The van der Waals surface area contributed by atoms with Gasteiger partial charge in [0.05, 0.1) is 7.11 Å². The molecule has 0 saturated carbocycles. The number of nitrogens with zero attached hydrogens (tertiary/aromatic N) is 2. The highest BCUT2D eigenvalue weighted by Gasteiger charge is 2.02. The first-order valence-corrected chi connectivity index (χ1v) is 4.43. The summed E-state index contributed by atoms with van der Waals surface area (Å²) < 4.78 is 7.08. The monoisotopic (exact) mass is 188 g/mol. The molecule has 1 aromatic carbocycles. The van der Waals surface area contributed by atoms with E-state index in [-0.39, 0.29) is 0 Å². The Kier molecular flexibility index (Phi) is 2.23. The summed E-state index contributed by atoms with van der Waals surface area (Å²) in [7, 11) is 3.64. The number of imidazole rings is 1. The van der Waals surface area contributed by atoms with Gasteiger partial charge in [0, 0.05) is 25.0 Å². The zero-order valence-corrected chi connectivity index (χ0v) is 8.27. The molecule has 2 aromatic rings. The molecule has 14 heavy (non-hydrogen) atoms. The van der Waals surface area contributed by atoms with Crippen molar-refractivity contribution in [2.75, 3.05) is 7.11 Å². The smallest absolute Gasteiger partial charge is 0.139 e. The summed E-state index contributed by atoms with van der Waals surface area (Å²) in [6, 6.07) is 7.87. The van der Waals surface area contributed by atoms with Crippen LogP contribution in [-0.2, 0) is 7.05 Å². The highest BCUT2D eigenvalue weighted by Crippen LogP contribution is 2.19. The van der Waals surface area contributed by atoms with E-state index in [2.05, 4.69) is 4.98 Å². The molecule has 0 bridgehead atoms. The first-order valence-electron chi connectivity index (χ1n) is 4.43. The molecule has 0 unspecified atom stereocenters. The van der Waals surface area contributed by atoms with Gasteiger partial charge >= 0.3 is 0 Å². The number of methoxy groups -OCH3 is 1. The minimum Gasteiger partial charge on any atom is -0.497 e. The van der Waals surface area contributed by atoms with Crippen molar-refractivity contribution in [2.45, 2.75) is 0 Å². The molecular weight excluding hydrogens is 176 g/mol. The second-order valence-electron chi connectivity index (χ2n) is 3.09. The third kappa shape index (κ3) is 1.48. The Morgan fingerprint density at radius 2 is 1.93 bits per heavy atom. The fraction of sp³-hybridized carbons (Fsp3) is 0.182.